The minimum atomic E-state index is -0.367. The lowest BCUT2D eigenvalue weighted by Gasteiger charge is -2.05. The van der Waals surface area contributed by atoms with Crippen LogP contribution in [0.1, 0.15) is 10.5 Å². The number of pyridine rings is 1. The van der Waals surface area contributed by atoms with Gasteiger partial charge in [0.2, 0.25) is 0 Å². The number of amides is 1. The number of nitrogens with two attached hydrogens (primary N) is 1. The van der Waals surface area contributed by atoms with Gasteiger partial charge in [0.15, 0.2) is 5.69 Å². The number of carbonyl (C=O) groups excluding carboxylic acids is 1. The number of halogens is 1. The Morgan fingerprint density at radius 3 is 3.00 bits per heavy atom. The van der Waals surface area contributed by atoms with Gasteiger partial charge < -0.3 is 11.1 Å². The van der Waals surface area contributed by atoms with Gasteiger partial charge in [0, 0.05) is 16.8 Å². The van der Waals surface area contributed by atoms with Gasteiger partial charge in [0.1, 0.15) is 5.82 Å². The van der Waals surface area contributed by atoms with Crippen LogP contribution in [0.4, 0.5) is 11.5 Å². The van der Waals surface area contributed by atoms with Crippen LogP contribution in [0.3, 0.4) is 0 Å². The smallest absolute Gasteiger partial charge is 0.277 e. The average Bonchev–Trinajstić information content (AvgIpc) is 2.70. The Kier molecular flexibility index (Phi) is 3.22. The molecule has 2 aromatic rings. The highest BCUT2D eigenvalue weighted by Crippen LogP contribution is 2.18. The molecule has 0 unspecified atom stereocenters. The standard InChI is InChI=1S/C9H9IN6O/c1-16-4-7(14-15-16)9(17)13-6-2-5(10)3-12-8(6)11/h2-4H,1H3,(H2,11,12)(H,13,17). The first kappa shape index (κ1) is 11.8. The molecule has 0 saturated heterocycles. The minimum absolute atomic E-state index is 0.228. The molecule has 2 heterocycles. The normalized spacial score (nSPS) is 10.2. The fourth-order valence-electron chi connectivity index (χ4n) is 1.19. The van der Waals surface area contributed by atoms with Crippen molar-refractivity contribution in [1.29, 1.82) is 0 Å². The SMILES string of the molecule is Cn1cc(C(=O)Nc2cc(I)cnc2N)nn1. The highest BCUT2D eigenvalue weighted by atomic mass is 127. The maximum absolute atomic E-state index is 11.8. The van der Waals surface area contributed by atoms with Crippen LogP contribution in [-0.4, -0.2) is 25.9 Å². The molecule has 0 aromatic carbocycles. The Morgan fingerprint density at radius 2 is 2.35 bits per heavy atom. The molecule has 0 aliphatic heterocycles. The second-order valence-corrected chi connectivity index (χ2v) is 4.56. The second-order valence-electron chi connectivity index (χ2n) is 3.32. The number of aryl methyl sites for hydroxylation is 1. The third kappa shape index (κ3) is 2.70. The van der Waals surface area contributed by atoms with E-state index in [4.69, 9.17) is 5.73 Å². The van der Waals surface area contributed by atoms with Gasteiger partial charge in [-0.05, 0) is 28.7 Å². The van der Waals surface area contributed by atoms with E-state index >= 15 is 0 Å². The molecule has 0 spiro atoms. The molecule has 0 atom stereocenters. The van der Waals surface area contributed by atoms with E-state index in [-0.39, 0.29) is 17.4 Å². The van der Waals surface area contributed by atoms with Crippen molar-refractivity contribution in [3.8, 4) is 0 Å². The summed E-state index contributed by atoms with van der Waals surface area (Å²) in [7, 11) is 1.69. The lowest BCUT2D eigenvalue weighted by molar-refractivity contribution is 0.102. The van der Waals surface area contributed by atoms with Crippen molar-refractivity contribution in [2.24, 2.45) is 7.05 Å². The summed E-state index contributed by atoms with van der Waals surface area (Å²) in [5.74, 6) is -0.101. The van der Waals surface area contributed by atoms with Crippen molar-refractivity contribution in [3.63, 3.8) is 0 Å². The van der Waals surface area contributed by atoms with Gasteiger partial charge in [-0.25, -0.2) is 4.98 Å². The number of carbonyl (C=O) groups is 1. The summed E-state index contributed by atoms with van der Waals surface area (Å²) in [6, 6.07) is 1.73. The van der Waals surface area contributed by atoms with E-state index in [2.05, 4.69) is 43.2 Å². The first-order chi connectivity index (χ1) is 8.06. The van der Waals surface area contributed by atoms with Crippen LogP contribution in [0.15, 0.2) is 18.5 Å². The number of aromatic nitrogens is 4. The quantitative estimate of drug-likeness (QED) is 0.780. The average molecular weight is 344 g/mol. The molecule has 7 nitrogen and oxygen atoms in total. The summed E-state index contributed by atoms with van der Waals surface area (Å²) < 4.78 is 2.33. The molecule has 0 aliphatic carbocycles. The van der Waals surface area contributed by atoms with Crippen molar-refractivity contribution in [1.82, 2.24) is 20.0 Å². The highest BCUT2D eigenvalue weighted by Gasteiger charge is 2.12. The van der Waals surface area contributed by atoms with E-state index in [9.17, 15) is 4.79 Å². The van der Waals surface area contributed by atoms with Crippen LogP contribution < -0.4 is 11.1 Å². The summed E-state index contributed by atoms with van der Waals surface area (Å²) in [4.78, 5) is 15.7. The molecule has 0 aliphatic rings. The molecule has 2 rings (SSSR count). The van der Waals surface area contributed by atoms with Crippen molar-refractivity contribution >= 4 is 40.0 Å². The summed E-state index contributed by atoms with van der Waals surface area (Å²) in [6.07, 6.45) is 3.14. The molecule has 0 saturated carbocycles. The molecule has 0 bridgehead atoms. The number of hydrogen-bond donors (Lipinski definition) is 2. The number of anilines is 2. The van der Waals surface area contributed by atoms with E-state index in [1.54, 1.807) is 19.3 Å². The fraction of sp³-hybridized carbons (Fsp3) is 0.111. The monoisotopic (exact) mass is 344 g/mol. The number of hydrogen-bond acceptors (Lipinski definition) is 5. The van der Waals surface area contributed by atoms with Crippen LogP contribution >= 0.6 is 22.6 Å². The Balaban J connectivity index is 2.21. The van der Waals surface area contributed by atoms with Crippen molar-refractivity contribution < 1.29 is 4.79 Å². The van der Waals surface area contributed by atoms with E-state index in [1.165, 1.54) is 10.9 Å². The number of rotatable bonds is 2. The minimum Gasteiger partial charge on any atom is -0.382 e. The highest BCUT2D eigenvalue weighted by molar-refractivity contribution is 14.1. The second kappa shape index (κ2) is 4.65. The lowest BCUT2D eigenvalue weighted by Crippen LogP contribution is -2.14. The van der Waals surface area contributed by atoms with E-state index in [0.29, 0.717) is 5.69 Å². The summed E-state index contributed by atoms with van der Waals surface area (Å²) in [6.45, 7) is 0. The van der Waals surface area contributed by atoms with Crippen LogP contribution in [-0.2, 0) is 7.05 Å². The molecule has 0 radical (unpaired) electrons. The third-order valence-electron chi connectivity index (χ3n) is 1.97. The van der Waals surface area contributed by atoms with Gasteiger partial charge >= 0.3 is 0 Å². The van der Waals surface area contributed by atoms with Gasteiger partial charge in [0.05, 0.1) is 11.9 Å². The first-order valence-corrected chi connectivity index (χ1v) is 5.73. The third-order valence-corrected chi connectivity index (χ3v) is 2.56. The van der Waals surface area contributed by atoms with Gasteiger partial charge in [0.25, 0.3) is 5.91 Å². The Labute approximate surface area is 111 Å². The molecule has 8 heteroatoms. The maximum Gasteiger partial charge on any atom is 0.277 e. The van der Waals surface area contributed by atoms with Crippen molar-refractivity contribution in [3.05, 3.63) is 27.7 Å². The molecular formula is C9H9IN6O. The number of nitrogens with one attached hydrogen (secondary N) is 1. The molecule has 88 valence electrons. The Bertz CT molecular complexity index is 566. The molecule has 2 aromatic heterocycles. The van der Waals surface area contributed by atoms with Crippen LogP contribution in [0, 0.1) is 3.57 Å². The zero-order valence-electron chi connectivity index (χ0n) is 8.88. The topological polar surface area (TPSA) is 98.7 Å². The first-order valence-electron chi connectivity index (χ1n) is 4.65. The zero-order valence-corrected chi connectivity index (χ0v) is 11.0. The largest absolute Gasteiger partial charge is 0.382 e. The Hall–Kier alpha value is -1.71. The van der Waals surface area contributed by atoms with Crippen molar-refractivity contribution in [2.45, 2.75) is 0 Å². The van der Waals surface area contributed by atoms with Gasteiger partial charge in [-0.3, -0.25) is 9.48 Å². The van der Waals surface area contributed by atoms with Gasteiger partial charge in [-0.15, -0.1) is 5.10 Å². The van der Waals surface area contributed by atoms with Crippen LogP contribution in [0.2, 0.25) is 0 Å². The summed E-state index contributed by atoms with van der Waals surface area (Å²) in [5, 5.41) is 10.0. The molecule has 0 fully saturated rings. The van der Waals surface area contributed by atoms with Gasteiger partial charge in [-0.2, -0.15) is 0 Å². The predicted molar refractivity (Wildman–Crippen MR) is 70.3 cm³/mol. The molecule has 17 heavy (non-hydrogen) atoms. The summed E-state index contributed by atoms with van der Waals surface area (Å²) >= 11 is 2.09. The molecular weight excluding hydrogens is 335 g/mol. The van der Waals surface area contributed by atoms with E-state index < -0.39 is 0 Å². The van der Waals surface area contributed by atoms with Crippen molar-refractivity contribution in [2.75, 3.05) is 11.1 Å². The lowest BCUT2D eigenvalue weighted by atomic mass is 10.3. The van der Waals surface area contributed by atoms with Gasteiger partial charge in [-0.1, -0.05) is 5.21 Å². The van der Waals surface area contributed by atoms with Crippen LogP contribution in [0.5, 0.6) is 0 Å². The zero-order chi connectivity index (χ0) is 12.4. The number of nitrogen functional groups attached to an aromatic ring is 1. The summed E-state index contributed by atoms with van der Waals surface area (Å²) in [5.41, 5.74) is 6.34. The van der Waals surface area contributed by atoms with Crippen LogP contribution in [0.25, 0.3) is 0 Å². The molecule has 1 amide bonds. The maximum atomic E-state index is 11.8. The van der Waals surface area contributed by atoms with E-state index in [0.717, 1.165) is 3.57 Å². The Morgan fingerprint density at radius 1 is 1.59 bits per heavy atom. The fourth-order valence-corrected chi connectivity index (χ4v) is 1.64. The number of nitrogens with zero attached hydrogens (tertiary/aromatic N) is 4. The van der Waals surface area contributed by atoms with E-state index in [1.807, 2.05) is 0 Å². The predicted octanol–water partition coefficient (Wildman–Crippen LogP) is 0.649. The molecule has 3 N–H and O–H groups in total.